The monoisotopic (exact) mass is 301 g/mol. The second-order valence-corrected chi connectivity index (χ2v) is 5.23. The van der Waals surface area contributed by atoms with E-state index in [2.05, 4.69) is 22.2 Å². The Morgan fingerprint density at radius 3 is 2.86 bits per heavy atom. The molecule has 3 aromatic rings. The van der Waals surface area contributed by atoms with Crippen molar-refractivity contribution < 1.29 is 4.42 Å². The second kappa shape index (κ2) is 5.74. The molecule has 1 N–H and O–H groups in total. The first-order valence-corrected chi connectivity index (χ1v) is 7.32. The van der Waals surface area contributed by atoms with Gasteiger partial charge >= 0.3 is 0 Å². The number of hydrogen-bond acceptors (Lipinski definition) is 4. The van der Waals surface area contributed by atoms with Crippen LogP contribution in [0.2, 0.25) is 5.02 Å². The fourth-order valence-corrected chi connectivity index (χ4v) is 2.69. The van der Waals surface area contributed by atoms with Crippen LogP contribution in [0.25, 0.3) is 22.4 Å². The van der Waals surface area contributed by atoms with Gasteiger partial charge in [-0.2, -0.15) is 0 Å². The number of anilines is 1. The van der Waals surface area contributed by atoms with E-state index < -0.39 is 0 Å². The summed E-state index contributed by atoms with van der Waals surface area (Å²) in [6.07, 6.45) is 3.45. The Morgan fingerprint density at radius 1 is 1.29 bits per heavy atom. The minimum Gasteiger partial charge on any atom is -0.453 e. The Kier molecular flexibility index (Phi) is 3.80. The minimum absolute atomic E-state index is 0.610. The highest BCUT2D eigenvalue weighted by molar-refractivity contribution is 6.34. The van der Waals surface area contributed by atoms with Crippen LogP contribution < -0.4 is 5.32 Å². The lowest BCUT2D eigenvalue weighted by molar-refractivity contribution is 0.627. The first kappa shape index (κ1) is 13.9. The van der Waals surface area contributed by atoms with E-state index in [-0.39, 0.29) is 0 Å². The third kappa shape index (κ3) is 2.47. The number of rotatable bonds is 4. The van der Waals surface area contributed by atoms with E-state index in [1.165, 1.54) is 0 Å². The molecule has 21 heavy (non-hydrogen) atoms. The molecule has 4 nitrogen and oxygen atoms in total. The van der Waals surface area contributed by atoms with E-state index in [9.17, 15) is 0 Å². The molecule has 2 aromatic heterocycles. The Bertz CT molecular complexity index is 782. The molecule has 0 radical (unpaired) electrons. The average molecular weight is 302 g/mol. The van der Waals surface area contributed by atoms with Crippen LogP contribution in [0.3, 0.4) is 0 Å². The molecule has 0 saturated carbocycles. The van der Waals surface area contributed by atoms with E-state index in [0.29, 0.717) is 10.6 Å². The number of aromatic nitrogens is 2. The molecule has 0 unspecified atom stereocenters. The van der Waals surface area contributed by atoms with Crippen molar-refractivity contribution in [2.45, 2.75) is 19.8 Å². The van der Waals surface area contributed by atoms with Gasteiger partial charge in [-0.15, -0.1) is 0 Å². The molecular formula is C16H16ClN3O. The topological polar surface area (TPSA) is 51.0 Å². The molecule has 0 aliphatic heterocycles. The van der Waals surface area contributed by atoms with Crippen LogP contribution in [0.1, 0.15) is 18.9 Å². The van der Waals surface area contributed by atoms with Gasteiger partial charge in [0.05, 0.1) is 5.02 Å². The minimum atomic E-state index is 0.610. The van der Waals surface area contributed by atoms with Gasteiger partial charge in [-0.25, -0.2) is 9.97 Å². The molecule has 0 aliphatic carbocycles. The van der Waals surface area contributed by atoms with Crippen molar-refractivity contribution in [3.8, 4) is 11.5 Å². The van der Waals surface area contributed by atoms with E-state index >= 15 is 0 Å². The predicted octanol–water partition coefficient (Wildman–Crippen LogP) is 4.54. The number of benzene rings is 1. The van der Waals surface area contributed by atoms with Crippen LogP contribution in [0, 0.1) is 0 Å². The number of fused-ring (bicyclic) bond motifs is 1. The molecule has 1 aromatic carbocycles. The van der Waals surface area contributed by atoms with Gasteiger partial charge in [0, 0.05) is 18.0 Å². The first-order valence-electron chi connectivity index (χ1n) is 6.94. The molecule has 0 aliphatic rings. The van der Waals surface area contributed by atoms with Crippen LogP contribution in [0.4, 0.5) is 5.82 Å². The SMILES string of the molecule is CCCc1c(NC)ncnc1-c1cc2cccc(Cl)c2o1. The van der Waals surface area contributed by atoms with E-state index in [4.69, 9.17) is 16.0 Å². The van der Waals surface area contributed by atoms with Crippen molar-refractivity contribution in [1.82, 2.24) is 9.97 Å². The predicted molar refractivity (Wildman–Crippen MR) is 85.8 cm³/mol. The largest absolute Gasteiger partial charge is 0.453 e. The lowest BCUT2D eigenvalue weighted by atomic mass is 10.1. The van der Waals surface area contributed by atoms with Crippen molar-refractivity contribution in [3.05, 3.63) is 41.2 Å². The summed E-state index contributed by atoms with van der Waals surface area (Å²) in [5.74, 6) is 1.56. The van der Waals surface area contributed by atoms with Gasteiger partial charge < -0.3 is 9.73 Å². The van der Waals surface area contributed by atoms with Gasteiger partial charge in [-0.3, -0.25) is 0 Å². The lowest BCUT2D eigenvalue weighted by Gasteiger charge is -2.10. The third-order valence-electron chi connectivity index (χ3n) is 3.41. The van der Waals surface area contributed by atoms with Gasteiger partial charge in [0.1, 0.15) is 17.8 Å². The van der Waals surface area contributed by atoms with Gasteiger partial charge in [0.25, 0.3) is 0 Å². The van der Waals surface area contributed by atoms with Crippen molar-refractivity contribution in [2.75, 3.05) is 12.4 Å². The quantitative estimate of drug-likeness (QED) is 0.769. The Hall–Kier alpha value is -2.07. The normalized spacial score (nSPS) is 11.0. The van der Waals surface area contributed by atoms with E-state index in [1.807, 2.05) is 31.3 Å². The maximum atomic E-state index is 6.18. The van der Waals surface area contributed by atoms with Crippen molar-refractivity contribution in [3.63, 3.8) is 0 Å². The standard InChI is InChI=1S/C16H16ClN3O/c1-3-5-11-14(19-9-20-16(11)18-2)13-8-10-6-4-7-12(17)15(10)21-13/h4,6-9H,3,5H2,1-2H3,(H,18,19,20). The molecule has 0 bridgehead atoms. The molecule has 108 valence electrons. The summed E-state index contributed by atoms with van der Waals surface area (Å²) in [6.45, 7) is 2.13. The zero-order valence-electron chi connectivity index (χ0n) is 12.0. The van der Waals surface area contributed by atoms with Crippen LogP contribution in [-0.2, 0) is 6.42 Å². The summed E-state index contributed by atoms with van der Waals surface area (Å²) < 4.78 is 5.92. The molecule has 2 heterocycles. The average Bonchev–Trinajstić information content (AvgIpc) is 2.93. The molecule has 5 heteroatoms. The number of nitrogens with one attached hydrogen (secondary N) is 1. The summed E-state index contributed by atoms with van der Waals surface area (Å²) in [5, 5.41) is 4.70. The summed E-state index contributed by atoms with van der Waals surface area (Å²) in [6, 6.07) is 7.69. The number of furan rings is 1. The zero-order chi connectivity index (χ0) is 14.8. The number of halogens is 1. The summed E-state index contributed by atoms with van der Waals surface area (Å²) in [5.41, 5.74) is 2.59. The molecule has 0 spiro atoms. The van der Waals surface area contributed by atoms with Crippen LogP contribution in [0.5, 0.6) is 0 Å². The number of para-hydroxylation sites is 1. The van der Waals surface area contributed by atoms with E-state index in [0.717, 1.165) is 41.1 Å². The maximum Gasteiger partial charge on any atom is 0.154 e. The summed E-state index contributed by atoms with van der Waals surface area (Å²) >= 11 is 6.18. The molecule has 0 atom stereocenters. The van der Waals surface area contributed by atoms with Crippen LogP contribution >= 0.6 is 11.6 Å². The molecule has 0 amide bonds. The van der Waals surface area contributed by atoms with Crippen LogP contribution in [0.15, 0.2) is 35.0 Å². The first-order chi connectivity index (χ1) is 10.2. The number of hydrogen-bond donors (Lipinski definition) is 1. The number of nitrogens with zero attached hydrogens (tertiary/aromatic N) is 2. The van der Waals surface area contributed by atoms with Crippen molar-refractivity contribution in [1.29, 1.82) is 0 Å². The fraction of sp³-hybridized carbons (Fsp3) is 0.250. The summed E-state index contributed by atoms with van der Waals surface area (Å²) in [7, 11) is 1.86. The lowest BCUT2D eigenvalue weighted by Crippen LogP contribution is -2.02. The van der Waals surface area contributed by atoms with Crippen molar-refractivity contribution in [2.24, 2.45) is 0 Å². The van der Waals surface area contributed by atoms with Crippen LogP contribution in [-0.4, -0.2) is 17.0 Å². The smallest absolute Gasteiger partial charge is 0.154 e. The maximum absolute atomic E-state index is 6.18. The highest BCUT2D eigenvalue weighted by atomic mass is 35.5. The highest BCUT2D eigenvalue weighted by Gasteiger charge is 2.16. The molecule has 0 fully saturated rings. The Labute approximate surface area is 128 Å². The molecular weight excluding hydrogens is 286 g/mol. The van der Waals surface area contributed by atoms with Gasteiger partial charge in [0.2, 0.25) is 0 Å². The zero-order valence-corrected chi connectivity index (χ0v) is 12.7. The second-order valence-electron chi connectivity index (χ2n) is 4.82. The van der Waals surface area contributed by atoms with Gasteiger partial charge in [-0.05, 0) is 18.6 Å². The molecule has 0 saturated heterocycles. The summed E-state index contributed by atoms with van der Waals surface area (Å²) in [4.78, 5) is 8.70. The Morgan fingerprint density at radius 2 is 2.14 bits per heavy atom. The third-order valence-corrected chi connectivity index (χ3v) is 3.71. The van der Waals surface area contributed by atoms with Gasteiger partial charge in [-0.1, -0.05) is 37.1 Å². The fourth-order valence-electron chi connectivity index (χ4n) is 2.47. The van der Waals surface area contributed by atoms with Gasteiger partial charge in [0.15, 0.2) is 11.3 Å². The highest BCUT2D eigenvalue weighted by Crippen LogP contribution is 2.34. The van der Waals surface area contributed by atoms with Crippen molar-refractivity contribution >= 4 is 28.4 Å². The van der Waals surface area contributed by atoms with E-state index in [1.54, 1.807) is 6.33 Å². The molecule has 3 rings (SSSR count). The Balaban J connectivity index is 2.20.